The highest BCUT2D eigenvalue weighted by Gasteiger charge is 2.38. The van der Waals surface area contributed by atoms with E-state index in [1.54, 1.807) is 0 Å². The van der Waals surface area contributed by atoms with Crippen molar-refractivity contribution < 1.29 is 10.2 Å². The number of halogens is 1. The molecule has 1 aromatic carbocycles. The molecule has 0 heterocycles. The first kappa shape index (κ1) is 14.0. The third-order valence-corrected chi connectivity index (χ3v) is 4.63. The summed E-state index contributed by atoms with van der Waals surface area (Å²) in [5, 5.41) is 20.8. The van der Waals surface area contributed by atoms with Crippen molar-refractivity contribution in [2.75, 3.05) is 0 Å². The van der Waals surface area contributed by atoms with Gasteiger partial charge in [0.05, 0.1) is 11.7 Å². The van der Waals surface area contributed by atoms with Gasteiger partial charge in [-0.25, -0.2) is 0 Å². The van der Waals surface area contributed by atoms with Crippen molar-refractivity contribution in [2.24, 2.45) is 5.92 Å². The van der Waals surface area contributed by atoms with Crippen molar-refractivity contribution in [2.45, 2.75) is 50.7 Å². The van der Waals surface area contributed by atoms with Crippen LogP contribution in [0.1, 0.15) is 38.2 Å². The van der Waals surface area contributed by atoms with Gasteiger partial charge in [-0.2, -0.15) is 0 Å². The van der Waals surface area contributed by atoms with Crippen LogP contribution >= 0.6 is 15.9 Å². The van der Waals surface area contributed by atoms with Crippen molar-refractivity contribution in [1.29, 1.82) is 0 Å². The standard InChI is InChI=1S/C15H21BrO2/c1-11-6-8-15(18,9-7-11)14(17)10-12-2-4-13(16)5-3-12/h2-5,11,14,17-18H,6-10H2,1H3. The van der Waals surface area contributed by atoms with E-state index in [1.807, 2.05) is 24.3 Å². The summed E-state index contributed by atoms with van der Waals surface area (Å²) in [4.78, 5) is 0. The van der Waals surface area contributed by atoms with Gasteiger partial charge < -0.3 is 10.2 Å². The Bertz CT molecular complexity index is 380. The molecule has 1 fully saturated rings. The predicted molar refractivity (Wildman–Crippen MR) is 76.4 cm³/mol. The largest absolute Gasteiger partial charge is 0.390 e. The molecule has 0 aromatic heterocycles. The van der Waals surface area contributed by atoms with E-state index in [-0.39, 0.29) is 0 Å². The van der Waals surface area contributed by atoms with E-state index in [4.69, 9.17) is 0 Å². The zero-order valence-corrected chi connectivity index (χ0v) is 12.4. The van der Waals surface area contributed by atoms with Gasteiger partial charge in [-0.3, -0.25) is 0 Å². The summed E-state index contributed by atoms with van der Waals surface area (Å²) >= 11 is 3.39. The topological polar surface area (TPSA) is 40.5 Å². The zero-order valence-electron chi connectivity index (χ0n) is 10.8. The van der Waals surface area contributed by atoms with Gasteiger partial charge in [-0.1, -0.05) is 35.0 Å². The molecule has 0 saturated heterocycles. The first-order chi connectivity index (χ1) is 8.49. The monoisotopic (exact) mass is 312 g/mol. The van der Waals surface area contributed by atoms with Crippen LogP contribution in [0.5, 0.6) is 0 Å². The molecule has 3 heteroatoms. The molecule has 0 radical (unpaired) electrons. The Labute approximate surface area is 117 Å². The Balaban J connectivity index is 1.98. The van der Waals surface area contributed by atoms with Gasteiger partial charge in [-0.05, 0) is 49.3 Å². The SMILES string of the molecule is CC1CCC(O)(C(O)Cc2ccc(Br)cc2)CC1. The van der Waals surface area contributed by atoms with E-state index < -0.39 is 11.7 Å². The summed E-state index contributed by atoms with van der Waals surface area (Å²) in [7, 11) is 0. The maximum absolute atomic E-state index is 10.5. The third-order valence-electron chi connectivity index (χ3n) is 4.10. The first-order valence-electron chi connectivity index (χ1n) is 6.64. The molecule has 100 valence electrons. The summed E-state index contributed by atoms with van der Waals surface area (Å²) in [6, 6.07) is 7.91. The summed E-state index contributed by atoms with van der Waals surface area (Å²) in [5.74, 6) is 0.671. The van der Waals surface area contributed by atoms with E-state index >= 15 is 0 Å². The Morgan fingerprint density at radius 3 is 2.39 bits per heavy atom. The molecular formula is C15H21BrO2. The van der Waals surface area contributed by atoms with Gasteiger partial charge in [0.1, 0.15) is 0 Å². The van der Waals surface area contributed by atoms with Gasteiger partial charge >= 0.3 is 0 Å². The summed E-state index contributed by atoms with van der Waals surface area (Å²) in [6.07, 6.45) is 3.31. The minimum atomic E-state index is -0.889. The van der Waals surface area contributed by atoms with E-state index in [0.29, 0.717) is 25.2 Å². The Morgan fingerprint density at radius 2 is 1.83 bits per heavy atom. The second-order valence-electron chi connectivity index (χ2n) is 5.63. The minimum absolute atomic E-state index is 0.526. The van der Waals surface area contributed by atoms with E-state index in [9.17, 15) is 10.2 Å². The maximum Gasteiger partial charge on any atom is 0.0908 e. The predicted octanol–water partition coefficient (Wildman–Crippen LogP) is 3.29. The molecule has 2 nitrogen and oxygen atoms in total. The molecule has 2 N–H and O–H groups in total. The molecule has 0 bridgehead atoms. The van der Waals surface area contributed by atoms with Crippen molar-refractivity contribution in [3.63, 3.8) is 0 Å². The Morgan fingerprint density at radius 1 is 1.28 bits per heavy atom. The fourth-order valence-corrected chi connectivity index (χ4v) is 2.89. The van der Waals surface area contributed by atoms with Gasteiger partial charge in [0.2, 0.25) is 0 Å². The van der Waals surface area contributed by atoms with Crippen LogP contribution in [0.4, 0.5) is 0 Å². The lowest BCUT2D eigenvalue weighted by Crippen LogP contribution is -2.46. The number of hydrogen-bond donors (Lipinski definition) is 2. The van der Waals surface area contributed by atoms with Gasteiger partial charge in [0.25, 0.3) is 0 Å². The van der Waals surface area contributed by atoms with Crippen molar-refractivity contribution in [1.82, 2.24) is 0 Å². The molecule has 2 rings (SSSR count). The Kier molecular flexibility index (Phi) is 4.46. The van der Waals surface area contributed by atoms with Crippen LogP contribution in [0.3, 0.4) is 0 Å². The highest BCUT2D eigenvalue weighted by molar-refractivity contribution is 9.10. The number of benzene rings is 1. The molecule has 18 heavy (non-hydrogen) atoms. The molecule has 0 amide bonds. The number of rotatable bonds is 3. The molecule has 0 spiro atoms. The fourth-order valence-electron chi connectivity index (χ4n) is 2.63. The van der Waals surface area contributed by atoms with Crippen LogP contribution < -0.4 is 0 Å². The van der Waals surface area contributed by atoms with Crippen LogP contribution in [0.15, 0.2) is 28.7 Å². The number of hydrogen-bond acceptors (Lipinski definition) is 2. The van der Waals surface area contributed by atoms with Crippen molar-refractivity contribution >= 4 is 15.9 Å². The molecule has 1 saturated carbocycles. The normalized spacial score (nSPS) is 30.1. The molecular weight excluding hydrogens is 292 g/mol. The van der Waals surface area contributed by atoms with Gasteiger partial charge in [0.15, 0.2) is 0 Å². The van der Waals surface area contributed by atoms with E-state index in [2.05, 4.69) is 22.9 Å². The second kappa shape index (κ2) is 5.72. The lowest BCUT2D eigenvalue weighted by molar-refractivity contribution is -0.102. The van der Waals surface area contributed by atoms with Crippen LogP contribution in [0.2, 0.25) is 0 Å². The minimum Gasteiger partial charge on any atom is -0.390 e. The lowest BCUT2D eigenvalue weighted by atomic mass is 9.75. The van der Waals surface area contributed by atoms with Gasteiger partial charge in [0, 0.05) is 10.9 Å². The lowest BCUT2D eigenvalue weighted by Gasteiger charge is -2.38. The number of aliphatic hydroxyl groups is 2. The van der Waals surface area contributed by atoms with Crippen molar-refractivity contribution in [3.8, 4) is 0 Å². The Hall–Kier alpha value is -0.380. The van der Waals surface area contributed by atoms with Crippen LogP contribution in [0, 0.1) is 5.92 Å². The smallest absolute Gasteiger partial charge is 0.0908 e. The first-order valence-corrected chi connectivity index (χ1v) is 7.44. The van der Waals surface area contributed by atoms with Crippen LogP contribution in [0.25, 0.3) is 0 Å². The van der Waals surface area contributed by atoms with Crippen LogP contribution in [-0.2, 0) is 6.42 Å². The quantitative estimate of drug-likeness (QED) is 0.899. The summed E-state index contributed by atoms with van der Waals surface area (Å²) < 4.78 is 1.03. The average molecular weight is 313 g/mol. The molecule has 1 aliphatic rings. The highest BCUT2D eigenvalue weighted by Crippen LogP contribution is 2.35. The molecule has 1 aromatic rings. The molecule has 0 aliphatic heterocycles. The number of aliphatic hydroxyl groups excluding tert-OH is 1. The van der Waals surface area contributed by atoms with E-state index in [0.717, 1.165) is 22.9 Å². The average Bonchev–Trinajstić information content (AvgIpc) is 2.36. The maximum atomic E-state index is 10.5. The summed E-state index contributed by atoms with van der Waals surface area (Å²) in [6.45, 7) is 2.21. The van der Waals surface area contributed by atoms with Gasteiger partial charge in [-0.15, -0.1) is 0 Å². The third kappa shape index (κ3) is 3.34. The molecule has 1 unspecified atom stereocenters. The molecule has 1 atom stereocenters. The van der Waals surface area contributed by atoms with E-state index in [1.165, 1.54) is 0 Å². The fraction of sp³-hybridized carbons (Fsp3) is 0.600. The van der Waals surface area contributed by atoms with Crippen LogP contribution in [-0.4, -0.2) is 21.9 Å². The summed E-state index contributed by atoms with van der Waals surface area (Å²) in [5.41, 5.74) is 0.178. The van der Waals surface area contributed by atoms with Crippen molar-refractivity contribution in [3.05, 3.63) is 34.3 Å². The zero-order chi connectivity index (χ0) is 13.2. The highest BCUT2D eigenvalue weighted by atomic mass is 79.9. The molecule has 1 aliphatic carbocycles. The second-order valence-corrected chi connectivity index (χ2v) is 6.55.